The number of carbonyl (C=O) groups excluding carboxylic acids is 1. The minimum atomic E-state index is -1.58. The van der Waals surface area contributed by atoms with Crippen LogP contribution in [0.25, 0.3) is 0 Å². The van der Waals surface area contributed by atoms with E-state index in [0.29, 0.717) is 5.56 Å². The summed E-state index contributed by atoms with van der Waals surface area (Å²) in [6.07, 6.45) is 1.41. The molecular weight excluding hydrogens is 261 g/mol. The van der Waals surface area contributed by atoms with Crippen LogP contribution < -0.4 is 0 Å². The van der Waals surface area contributed by atoms with Crippen molar-refractivity contribution in [2.24, 2.45) is 4.99 Å². The van der Waals surface area contributed by atoms with Gasteiger partial charge in [-0.1, -0.05) is 28.1 Å². The minimum absolute atomic E-state index is 0.661. The van der Waals surface area contributed by atoms with Gasteiger partial charge in [0.05, 0.1) is 0 Å². The molecule has 1 aromatic carbocycles. The average molecular weight is 272 g/mol. The van der Waals surface area contributed by atoms with E-state index in [1.54, 1.807) is 24.3 Å². The van der Waals surface area contributed by atoms with Crippen molar-refractivity contribution in [2.45, 2.75) is 25.6 Å². The second-order valence-corrected chi connectivity index (χ2v) is 4.65. The third-order valence-corrected chi connectivity index (χ3v) is 2.55. The van der Waals surface area contributed by atoms with E-state index in [1.807, 2.05) is 0 Å². The lowest BCUT2D eigenvalue weighted by Crippen LogP contribution is -2.22. The lowest BCUT2D eigenvalue weighted by molar-refractivity contribution is 0.175. The maximum absolute atomic E-state index is 13.7. The Hall–Kier alpha value is -0.990. The molecule has 1 atom stereocenters. The molecule has 0 fully saturated rings. The Balaban J connectivity index is 3.10. The maximum atomic E-state index is 13.7. The second kappa shape index (κ2) is 4.69. The third-order valence-electron chi connectivity index (χ3n) is 2.02. The molecule has 0 aliphatic heterocycles. The monoisotopic (exact) mass is 271 g/mol. The number of rotatable bonds is 3. The Labute approximate surface area is 96.3 Å². The van der Waals surface area contributed by atoms with E-state index < -0.39 is 11.7 Å². The van der Waals surface area contributed by atoms with E-state index >= 15 is 0 Å². The summed E-state index contributed by atoms with van der Waals surface area (Å²) < 4.78 is 14.6. The zero-order valence-corrected chi connectivity index (χ0v) is 10.1. The molecule has 0 bridgehead atoms. The van der Waals surface area contributed by atoms with Gasteiger partial charge in [-0.05, 0) is 31.5 Å². The van der Waals surface area contributed by atoms with E-state index in [-0.39, 0.29) is 0 Å². The van der Waals surface area contributed by atoms with Gasteiger partial charge in [0.1, 0.15) is 11.7 Å². The second-order valence-electron chi connectivity index (χ2n) is 3.74. The predicted molar refractivity (Wildman–Crippen MR) is 60.2 cm³/mol. The lowest BCUT2D eigenvalue weighted by Gasteiger charge is -2.22. The molecule has 0 spiro atoms. The van der Waals surface area contributed by atoms with Gasteiger partial charge >= 0.3 is 0 Å². The topological polar surface area (TPSA) is 29.4 Å². The molecule has 1 rings (SSSR count). The van der Waals surface area contributed by atoms with Crippen molar-refractivity contribution in [3.63, 3.8) is 0 Å². The van der Waals surface area contributed by atoms with Gasteiger partial charge < -0.3 is 0 Å². The molecule has 0 N–H and O–H groups in total. The zero-order chi connectivity index (χ0) is 11.5. The van der Waals surface area contributed by atoms with E-state index in [1.165, 1.54) is 19.9 Å². The Morgan fingerprint density at radius 2 is 1.93 bits per heavy atom. The number of alkyl halides is 1. The van der Waals surface area contributed by atoms with Crippen LogP contribution in [0.2, 0.25) is 0 Å². The van der Waals surface area contributed by atoms with Crippen LogP contribution in [-0.4, -0.2) is 11.7 Å². The highest BCUT2D eigenvalue weighted by Gasteiger charge is 2.30. The molecule has 2 nitrogen and oxygen atoms in total. The van der Waals surface area contributed by atoms with Crippen LogP contribution in [0.4, 0.5) is 4.39 Å². The van der Waals surface area contributed by atoms with Gasteiger partial charge in [0, 0.05) is 4.47 Å². The molecule has 1 unspecified atom stereocenters. The van der Waals surface area contributed by atoms with E-state index in [0.717, 1.165) is 4.47 Å². The molecule has 0 radical (unpaired) electrons. The SMILES string of the molecule is CC(C)(F)C(N=C=O)c1ccc(Br)cc1. The molecule has 0 aliphatic rings. The predicted octanol–water partition coefficient (Wildman–Crippen LogP) is 3.57. The van der Waals surface area contributed by atoms with Crippen molar-refractivity contribution in [3.05, 3.63) is 34.3 Å². The summed E-state index contributed by atoms with van der Waals surface area (Å²) in [5.41, 5.74) is -0.917. The number of isocyanates is 1. The molecule has 0 aromatic heterocycles. The lowest BCUT2D eigenvalue weighted by atomic mass is 9.94. The van der Waals surface area contributed by atoms with Crippen molar-refractivity contribution in [1.29, 1.82) is 0 Å². The fourth-order valence-electron chi connectivity index (χ4n) is 1.32. The van der Waals surface area contributed by atoms with Crippen LogP contribution >= 0.6 is 15.9 Å². The molecule has 0 saturated carbocycles. The largest absolute Gasteiger partial charge is 0.242 e. The average Bonchev–Trinajstić information content (AvgIpc) is 2.14. The standard InChI is InChI=1S/C11H11BrFNO/c1-11(2,13)10(14-7-15)8-3-5-9(12)6-4-8/h3-6,10H,1-2H3. The summed E-state index contributed by atoms with van der Waals surface area (Å²) in [6, 6.07) is 6.24. The molecule has 0 amide bonds. The fraction of sp³-hybridized carbons (Fsp3) is 0.364. The van der Waals surface area contributed by atoms with E-state index in [2.05, 4.69) is 20.9 Å². The normalized spacial score (nSPS) is 13.1. The smallest absolute Gasteiger partial charge is 0.235 e. The van der Waals surface area contributed by atoms with Gasteiger partial charge in [-0.25, -0.2) is 9.18 Å². The number of nitrogens with zero attached hydrogens (tertiary/aromatic N) is 1. The van der Waals surface area contributed by atoms with Crippen LogP contribution in [0.5, 0.6) is 0 Å². The van der Waals surface area contributed by atoms with Gasteiger partial charge in [-0.2, -0.15) is 4.99 Å². The Bertz CT molecular complexity index is 377. The Kier molecular flexibility index (Phi) is 3.77. The summed E-state index contributed by atoms with van der Waals surface area (Å²) in [4.78, 5) is 13.7. The zero-order valence-electron chi connectivity index (χ0n) is 8.50. The van der Waals surface area contributed by atoms with Crippen LogP contribution in [-0.2, 0) is 4.79 Å². The fourth-order valence-corrected chi connectivity index (χ4v) is 1.59. The highest BCUT2D eigenvalue weighted by Crippen LogP contribution is 2.32. The Morgan fingerprint density at radius 1 is 1.40 bits per heavy atom. The third kappa shape index (κ3) is 3.26. The van der Waals surface area contributed by atoms with Crippen molar-refractivity contribution >= 4 is 22.0 Å². The van der Waals surface area contributed by atoms with Crippen molar-refractivity contribution in [1.82, 2.24) is 0 Å². The van der Waals surface area contributed by atoms with Crippen LogP contribution in [0.15, 0.2) is 33.7 Å². The molecule has 0 saturated heterocycles. The number of hydrogen-bond acceptors (Lipinski definition) is 2. The summed E-state index contributed by atoms with van der Waals surface area (Å²) in [6.45, 7) is 2.78. The molecular formula is C11H11BrFNO. The van der Waals surface area contributed by atoms with Gasteiger partial charge in [-0.15, -0.1) is 0 Å². The Morgan fingerprint density at radius 3 is 2.33 bits per heavy atom. The van der Waals surface area contributed by atoms with Gasteiger partial charge in [0.15, 0.2) is 0 Å². The van der Waals surface area contributed by atoms with Crippen LogP contribution in [0, 0.1) is 0 Å². The molecule has 1 aromatic rings. The summed E-state index contributed by atoms with van der Waals surface area (Å²) in [7, 11) is 0. The van der Waals surface area contributed by atoms with Gasteiger partial charge in [0.25, 0.3) is 0 Å². The molecule has 0 aliphatic carbocycles. The highest BCUT2D eigenvalue weighted by atomic mass is 79.9. The number of hydrogen-bond donors (Lipinski definition) is 0. The highest BCUT2D eigenvalue weighted by molar-refractivity contribution is 9.10. The van der Waals surface area contributed by atoms with E-state index in [9.17, 15) is 9.18 Å². The number of benzene rings is 1. The first-order valence-electron chi connectivity index (χ1n) is 4.46. The summed E-state index contributed by atoms with van der Waals surface area (Å²) in [5.74, 6) is 0. The van der Waals surface area contributed by atoms with Gasteiger partial charge in [-0.3, -0.25) is 0 Å². The van der Waals surface area contributed by atoms with Crippen molar-refractivity contribution < 1.29 is 9.18 Å². The maximum Gasteiger partial charge on any atom is 0.235 e. The van der Waals surface area contributed by atoms with Crippen LogP contribution in [0.1, 0.15) is 25.5 Å². The number of halogens is 2. The number of aliphatic imine (C=N–C) groups is 1. The van der Waals surface area contributed by atoms with Crippen LogP contribution in [0.3, 0.4) is 0 Å². The molecule has 4 heteroatoms. The molecule has 15 heavy (non-hydrogen) atoms. The minimum Gasteiger partial charge on any atom is -0.242 e. The summed E-state index contributed by atoms with van der Waals surface area (Å²) >= 11 is 3.28. The van der Waals surface area contributed by atoms with E-state index in [4.69, 9.17) is 0 Å². The first kappa shape index (κ1) is 12.1. The molecule has 0 heterocycles. The quantitative estimate of drug-likeness (QED) is 0.611. The summed E-state index contributed by atoms with van der Waals surface area (Å²) in [5, 5.41) is 0. The first-order chi connectivity index (χ1) is 6.95. The van der Waals surface area contributed by atoms with Gasteiger partial charge in [0.2, 0.25) is 6.08 Å². The van der Waals surface area contributed by atoms with Crippen molar-refractivity contribution in [2.75, 3.05) is 0 Å². The molecule has 80 valence electrons. The first-order valence-corrected chi connectivity index (χ1v) is 5.26. The van der Waals surface area contributed by atoms with Crippen molar-refractivity contribution in [3.8, 4) is 0 Å².